The van der Waals surface area contributed by atoms with Crippen LogP contribution in [-0.2, 0) is 4.74 Å². The number of hydrogen-bond acceptors (Lipinski definition) is 3. The van der Waals surface area contributed by atoms with Crippen LogP contribution in [0.25, 0.3) is 0 Å². The highest BCUT2D eigenvalue weighted by Crippen LogP contribution is 2.15. The second-order valence-electron chi connectivity index (χ2n) is 5.75. The summed E-state index contributed by atoms with van der Waals surface area (Å²) < 4.78 is 19.0. The molecule has 0 spiro atoms. The number of benzene rings is 1. The number of amides is 2. The zero-order chi connectivity index (χ0) is 15.3. The quantitative estimate of drug-likeness (QED) is 0.894. The second-order valence-corrected chi connectivity index (χ2v) is 5.75. The number of anilines is 1. The minimum absolute atomic E-state index is 0.145. The molecule has 5 nitrogen and oxygen atoms in total. The summed E-state index contributed by atoms with van der Waals surface area (Å²) in [6.45, 7) is 7.76. The van der Waals surface area contributed by atoms with E-state index < -0.39 is 11.8 Å². The molecule has 1 aromatic carbocycles. The van der Waals surface area contributed by atoms with Crippen molar-refractivity contribution in [2.24, 2.45) is 0 Å². The summed E-state index contributed by atoms with van der Waals surface area (Å²) in [5.74, 6) is -0.442. The van der Waals surface area contributed by atoms with Crippen LogP contribution in [0.5, 0.6) is 0 Å². The van der Waals surface area contributed by atoms with Gasteiger partial charge in [0.1, 0.15) is 5.82 Å². The van der Waals surface area contributed by atoms with Crippen LogP contribution in [0, 0.1) is 5.82 Å². The molecule has 1 aliphatic rings. The summed E-state index contributed by atoms with van der Waals surface area (Å²) in [5.41, 5.74) is 0.0377. The first-order chi connectivity index (χ1) is 9.96. The Labute approximate surface area is 124 Å². The molecule has 0 saturated carbocycles. The van der Waals surface area contributed by atoms with Gasteiger partial charge in [0.05, 0.1) is 17.9 Å². The molecule has 2 N–H and O–H groups in total. The van der Waals surface area contributed by atoms with Gasteiger partial charge in [-0.2, -0.15) is 0 Å². The van der Waals surface area contributed by atoms with Gasteiger partial charge in [-0.05, 0) is 26.0 Å². The number of para-hydroxylation sites is 1. The Balaban J connectivity index is 1.71. The van der Waals surface area contributed by atoms with E-state index in [-0.39, 0.29) is 11.3 Å². The van der Waals surface area contributed by atoms with Crippen molar-refractivity contribution in [1.82, 2.24) is 10.2 Å². The first kappa shape index (κ1) is 15.7. The average Bonchev–Trinajstić information content (AvgIpc) is 2.40. The third kappa shape index (κ3) is 4.99. The van der Waals surface area contributed by atoms with Crippen molar-refractivity contribution >= 4 is 11.7 Å². The smallest absolute Gasteiger partial charge is 0.319 e. The Hall–Kier alpha value is -1.66. The monoisotopic (exact) mass is 295 g/mol. The van der Waals surface area contributed by atoms with Crippen molar-refractivity contribution in [3.8, 4) is 0 Å². The minimum atomic E-state index is -0.442. The van der Waals surface area contributed by atoms with Gasteiger partial charge in [0.2, 0.25) is 0 Å². The summed E-state index contributed by atoms with van der Waals surface area (Å²) in [5, 5.41) is 5.23. The van der Waals surface area contributed by atoms with E-state index in [0.717, 1.165) is 19.6 Å². The van der Waals surface area contributed by atoms with Gasteiger partial charge in [0.15, 0.2) is 0 Å². The van der Waals surface area contributed by atoms with Crippen LogP contribution in [0.3, 0.4) is 0 Å². The number of hydrogen-bond donors (Lipinski definition) is 2. The molecule has 21 heavy (non-hydrogen) atoms. The lowest BCUT2D eigenvalue weighted by atomic mass is 10.1. The highest BCUT2D eigenvalue weighted by molar-refractivity contribution is 5.89. The van der Waals surface area contributed by atoms with E-state index in [9.17, 15) is 9.18 Å². The van der Waals surface area contributed by atoms with Crippen LogP contribution in [0.2, 0.25) is 0 Å². The van der Waals surface area contributed by atoms with Crippen molar-refractivity contribution in [2.45, 2.75) is 19.4 Å². The number of urea groups is 1. The maximum Gasteiger partial charge on any atom is 0.319 e. The van der Waals surface area contributed by atoms with E-state index in [1.807, 2.05) is 0 Å². The predicted molar refractivity (Wildman–Crippen MR) is 79.9 cm³/mol. The Morgan fingerprint density at radius 1 is 1.43 bits per heavy atom. The van der Waals surface area contributed by atoms with Crippen LogP contribution < -0.4 is 10.6 Å². The number of nitrogens with one attached hydrogen (secondary N) is 2. The number of ether oxygens (including phenoxy) is 1. The summed E-state index contributed by atoms with van der Waals surface area (Å²) in [7, 11) is 0. The fourth-order valence-electron chi connectivity index (χ4n) is 2.36. The van der Waals surface area contributed by atoms with Crippen molar-refractivity contribution in [3.63, 3.8) is 0 Å². The highest BCUT2D eigenvalue weighted by Gasteiger charge is 2.26. The standard InChI is InChI=1S/C15H22FN3O2/c1-15(2)11-19(9-10-21-15)8-7-17-14(20)18-13-6-4-3-5-12(13)16/h3-6H,7-11H2,1-2H3,(H2,17,18,20). The molecule has 2 rings (SSSR count). The Bertz CT molecular complexity index is 494. The van der Waals surface area contributed by atoms with Gasteiger partial charge >= 0.3 is 6.03 Å². The summed E-state index contributed by atoms with van der Waals surface area (Å²) in [6, 6.07) is 5.70. The molecule has 2 amide bonds. The topological polar surface area (TPSA) is 53.6 Å². The van der Waals surface area contributed by atoms with E-state index >= 15 is 0 Å². The van der Waals surface area contributed by atoms with Gasteiger partial charge in [0, 0.05) is 26.2 Å². The van der Waals surface area contributed by atoms with Gasteiger partial charge in [0.25, 0.3) is 0 Å². The minimum Gasteiger partial charge on any atom is -0.373 e. The van der Waals surface area contributed by atoms with Gasteiger partial charge in [-0.25, -0.2) is 9.18 Å². The summed E-state index contributed by atoms with van der Waals surface area (Å²) >= 11 is 0. The summed E-state index contributed by atoms with van der Waals surface area (Å²) in [6.07, 6.45) is 0. The molecule has 1 fully saturated rings. The lowest BCUT2D eigenvalue weighted by Gasteiger charge is -2.38. The molecule has 1 aliphatic heterocycles. The molecule has 116 valence electrons. The Morgan fingerprint density at radius 2 is 2.19 bits per heavy atom. The molecule has 0 bridgehead atoms. The van der Waals surface area contributed by atoms with Crippen LogP contribution in [-0.4, -0.2) is 49.3 Å². The van der Waals surface area contributed by atoms with Crippen molar-refractivity contribution in [2.75, 3.05) is 38.1 Å². The van der Waals surface area contributed by atoms with E-state index in [1.165, 1.54) is 12.1 Å². The maximum absolute atomic E-state index is 13.4. The van der Waals surface area contributed by atoms with E-state index in [1.54, 1.807) is 12.1 Å². The maximum atomic E-state index is 13.4. The third-order valence-electron chi connectivity index (χ3n) is 3.34. The number of carbonyl (C=O) groups is 1. The van der Waals surface area contributed by atoms with Gasteiger partial charge in [-0.15, -0.1) is 0 Å². The van der Waals surface area contributed by atoms with Crippen molar-refractivity contribution in [1.29, 1.82) is 0 Å². The molecule has 1 aromatic rings. The zero-order valence-corrected chi connectivity index (χ0v) is 12.5. The molecule has 0 aromatic heterocycles. The Morgan fingerprint density at radius 3 is 2.90 bits per heavy atom. The molecule has 6 heteroatoms. The lowest BCUT2D eigenvalue weighted by molar-refractivity contribution is -0.0852. The van der Waals surface area contributed by atoms with Gasteiger partial charge in [-0.1, -0.05) is 12.1 Å². The molecular weight excluding hydrogens is 273 g/mol. The van der Waals surface area contributed by atoms with Crippen molar-refractivity contribution < 1.29 is 13.9 Å². The Kier molecular flexibility index (Phi) is 5.14. The summed E-state index contributed by atoms with van der Waals surface area (Å²) in [4.78, 5) is 13.9. The van der Waals surface area contributed by atoms with E-state index in [0.29, 0.717) is 13.2 Å². The number of nitrogens with zero attached hydrogens (tertiary/aromatic N) is 1. The molecule has 0 radical (unpaired) electrons. The number of morpholine rings is 1. The van der Waals surface area contributed by atoms with Crippen LogP contribution in [0.4, 0.5) is 14.9 Å². The molecule has 0 atom stereocenters. The molecule has 0 aliphatic carbocycles. The van der Waals surface area contributed by atoms with E-state index in [2.05, 4.69) is 29.4 Å². The molecule has 1 saturated heterocycles. The average molecular weight is 295 g/mol. The predicted octanol–water partition coefficient (Wildman–Crippen LogP) is 2.06. The number of carbonyl (C=O) groups excluding carboxylic acids is 1. The fraction of sp³-hybridized carbons (Fsp3) is 0.533. The molecule has 0 unspecified atom stereocenters. The molecule has 1 heterocycles. The van der Waals surface area contributed by atoms with Crippen LogP contribution in [0.15, 0.2) is 24.3 Å². The largest absolute Gasteiger partial charge is 0.373 e. The fourth-order valence-corrected chi connectivity index (χ4v) is 2.36. The third-order valence-corrected chi connectivity index (χ3v) is 3.34. The first-order valence-electron chi connectivity index (χ1n) is 7.12. The zero-order valence-electron chi connectivity index (χ0n) is 12.5. The second kappa shape index (κ2) is 6.87. The van der Waals surface area contributed by atoms with Crippen LogP contribution >= 0.6 is 0 Å². The first-order valence-corrected chi connectivity index (χ1v) is 7.12. The number of halogens is 1. The van der Waals surface area contributed by atoms with E-state index in [4.69, 9.17) is 4.74 Å². The van der Waals surface area contributed by atoms with Crippen LogP contribution in [0.1, 0.15) is 13.8 Å². The normalized spacial score (nSPS) is 18.2. The van der Waals surface area contributed by atoms with Crippen molar-refractivity contribution in [3.05, 3.63) is 30.1 Å². The lowest BCUT2D eigenvalue weighted by Crippen LogP contribution is -2.50. The molecular formula is C15H22FN3O2. The van der Waals surface area contributed by atoms with Gasteiger partial charge < -0.3 is 15.4 Å². The highest BCUT2D eigenvalue weighted by atomic mass is 19.1. The SMILES string of the molecule is CC1(C)CN(CCNC(=O)Nc2ccccc2F)CCO1. The number of rotatable bonds is 4. The van der Waals surface area contributed by atoms with Gasteiger partial charge in [-0.3, -0.25) is 4.90 Å².